The van der Waals surface area contributed by atoms with Crippen LogP contribution in [0.25, 0.3) is 22.3 Å². The molecule has 0 aliphatic heterocycles. The van der Waals surface area contributed by atoms with Crippen LogP contribution in [0.2, 0.25) is 0 Å². The van der Waals surface area contributed by atoms with Crippen LogP contribution >= 0.6 is 0 Å². The van der Waals surface area contributed by atoms with Crippen LogP contribution in [-0.4, -0.2) is 37.3 Å². The normalized spacial score (nSPS) is 13.7. The summed E-state index contributed by atoms with van der Waals surface area (Å²) in [6.07, 6.45) is 8.75. The summed E-state index contributed by atoms with van der Waals surface area (Å²) < 4.78 is 10.1. The number of fused-ring (bicyclic) bond motifs is 1. The van der Waals surface area contributed by atoms with Crippen molar-refractivity contribution >= 4 is 12.0 Å². The van der Waals surface area contributed by atoms with E-state index >= 15 is 0 Å². The van der Waals surface area contributed by atoms with E-state index in [-0.39, 0.29) is 12.0 Å². The number of aryl methyl sites for hydroxylation is 2. The largest absolute Gasteiger partial charge is 0.469 e. The van der Waals surface area contributed by atoms with Crippen molar-refractivity contribution in [2.75, 3.05) is 20.3 Å². The molecule has 0 bridgehead atoms. The van der Waals surface area contributed by atoms with Gasteiger partial charge in [0.15, 0.2) is 0 Å². The lowest BCUT2D eigenvalue weighted by atomic mass is 9.80. The Bertz CT molecular complexity index is 1530. The smallest absolute Gasteiger partial charge is 0.281 e. The summed E-state index contributed by atoms with van der Waals surface area (Å²) in [6, 6.07) is 25.6. The van der Waals surface area contributed by atoms with E-state index in [1.807, 2.05) is 38.4 Å². The molecule has 3 aromatic carbocycles. The summed E-state index contributed by atoms with van der Waals surface area (Å²) in [5.74, 6) is 0.436. The molecule has 7 heteroatoms. The van der Waals surface area contributed by atoms with Gasteiger partial charge in [0.25, 0.3) is 12.0 Å². The number of nitrogens with two attached hydrogens (primary N) is 2. The third-order valence-electron chi connectivity index (χ3n) is 7.96. The molecular weight excluding hydrogens is 558 g/mol. The van der Waals surface area contributed by atoms with Gasteiger partial charge in [-0.2, -0.15) is 0 Å². The van der Waals surface area contributed by atoms with Crippen molar-refractivity contribution in [3.05, 3.63) is 113 Å². The lowest BCUT2D eigenvalue weighted by Crippen LogP contribution is -2.24. The molecule has 45 heavy (non-hydrogen) atoms. The number of ether oxygens (including phenoxy) is 2. The number of aliphatic imine (C=N–C) groups is 1. The number of pyridine rings is 1. The summed E-state index contributed by atoms with van der Waals surface area (Å²) in [5, 5.41) is 7.19. The fraction of sp³-hybridized carbons (Fsp3) is 0.342. The van der Waals surface area contributed by atoms with Crippen molar-refractivity contribution in [3.63, 3.8) is 0 Å². The van der Waals surface area contributed by atoms with Crippen LogP contribution in [-0.2, 0) is 35.2 Å². The molecule has 238 valence electrons. The minimum Gasteiger partial charge on any atom is -0.469 e. The molecular formula is C38H49N5O2. The third-order valence-corrected chi connectivity index (χ3v) is 7.96. The highest BCUT2D eigenvalue weighted by Gasteiger charge is 2.22. The average molecular weight is 608 g/mol. The Labute approximate surface area is 269 Å². The molecule has 1 unspecified atom stereocenters. The standard InChI is InChI=1S/C18H23N3O.C18H20N2O.C2H6/c1-4-15-14(9-11-21-18(19)22-3)6-5-7-16(15)17-12-20-10-8-13(17)2;19-18(20)21-12-13-9-10-15-7-4-8-16(17(15)11-13)14-5-2-1-3-6-14;1-2/h5-8,10,12H,4,9,11H2,1-3H3,(H2,19,21);1-8,13H,9-12H2,(H3,19,20);1-2H3. The van der Waals surface area contributed by atoms with Gasteiger partial charge >= 0.3 is 0 Å². The van der Waals surface area contributed by atoms with Crippen molar-refractivity contribution in [1.82, 2.24) is 4.98 Å². The number of nitrogens with one attached hydrogen (secondary N) is 1. The maximum atomic E-state index is 7.19. The van der Waals surface area contributed by atoms with Gasteiger partial charge in [0.1, 0.15) is 0 Å². The van der Waals surface area contributed by atoms with Crippen molar-refractivity contribution in [2.45, 2.75) is 59.8 Å². The van der Waals surface area contributed by atoms with Crippen LogP contribution in [0.1, 0.15) is 55.0 Å². The van der Waals surface area contributed by atoms with Gasteiger partial charge in [-0.25, -0.2) is 4.99 Å². The summed E-state index contributed by atoms with van der Waals surface area (Å²) in [4.78, 5) is 8.46. The van der Waals surface area contributed by atoms with Crippen LogP contribution in [0.15, 0.2) is 90.2 Å². The first-order chi connectivity index (χ1) is 21.9. The first kappa shape index (κ1) is 34.8. The van der Waals surface area contributed by atoms with Gasteiger partial charge in [-0.1, -0.05) is 87.5 Å². The van der Waals surface area contributed by atoms with Crippen molar-refractivity contribution in [3.8, 4) is 22.3 Å². The van der Waals surface area contributed by atoms with Crippen LogP contribution < -0.4 is 11.5 Å². The van der Waals surface area contributed by atoms with Crippen molar-refractivity contribution in [1.29, 1.82) is 5.41 Å². The van der Waals surface area contributed by atoms with E-state index in [1.54, 1.807) is 0 Å². The molecule has 0 saturated heterocycles. The average Bonchev–Trinajstić information content (AvgIpc) is 3.08. The predicted molar refractivity (Wildman–Crippen MR) is 188 cm³/mol. The highest BCUT2D eigenvalue weighted by atomic mass is 16.5. The molecule has 5 rings (SSSR count). The van der Waals surface area contributed by atoms with Gasteiger partial charge in [-0.3, -0.25) is 10.4 Å². The number of rotatable bonds is 8. The second-order valence-electron chi connectivity index (χ2n) is 10.8. The van der Waals surface area contributed by atoms with E-state index in [9.17, 15) is 0 Å². The summed E-state index contributed by atoms with van der Waals surface area (Å²) in [6.45, 7) is 9.47. The van der Waals surface area contributed by atoms with Gasteiger partial charge in [-0.05, 0) is 95.5 Å². The van der Waals surface area contributed by atoms with E-state index in [0.29, 0.717) is 19.1 Å². The fourth-order valence-electron chi connectivity index (χ4n) is 5.73. The van der Waals surface area contributed by atoms with Gasteiger partial charge in [0, 0.05) is 24.5 Å². The maximum absolute atomic E-state index is 7.19. The quantitative estimate of drug-likeness (QED) is 0.141. The molecule has 0 spiro atoms. The molecule has 1 atom stereocenters. The maximum Gasteiger partial charge on any atom is 0.281 e. The Morgan fingerprint density at radius 1 is 0.956 bits per heavy atom. The number of benzene rings is 3. The van der Waals surface area contributed by atoms with Crippen LogP contribution in [0, 0.1) is 18.3 Å². The van der Waals surface area contributed by atoms with Crippen LogP contribution in [0.5, 0.6) is 0 Å². The van der Waals surface area contributed by atoms with Gasteiger partial charge in [0.2, 0.25) is 0 Å². The summed E-state index contributed by atoms with van der Waals surface area (Å²) in [5.41, 5.74) is 22.7. The second-order valence-corrected chi connectivity index (χ2v) is 10.8. The molecule has 7 nitrogen and oxygen atoms in total. The Morgan fingerprint density at radius 2 is 1.69 bits per heavy atom. The van der Waals surface area contributed by atoms with Gasteiger partial charge < -0.3 is 20.9 Å². The van der Waals surface area contributed by atoms with Gasteiger partial charge in [-0.15, -0.1) is 0 Å². The fourth-order valence-corrected chi connectivity index (χ4v) is 5.73. The summed E-state index contributed by atoms with van der Waals surface area (Å²) in [7, 11) is 1.53. The third kappa shape index (κ3) is 9.93. The molecule has 4 aromatic rings. The van der Waals surface area contributed by atoms with E-state index in [2.05, 4.69) is 84.5 Å². The van der Waals surface area contributed by atoms with Crippen molar-refractivity contribution in [2.24, 2.45) is 22.4 Å². The Kier molecular flexibility index (Phi) is 14.1. The molecule has 1 heterocycles. The first-order valence-corrected chi connectivity index (χ1v) is 15.9. The zero-order valence-corrected chi connectivity index (χ0v) is 27.5. The Hall–Kier alpha value is -4.65. The molecule has 0 fully saturated rings. The number of aromatic nitrogens is 1. The molecule has 1 aromatic heterocycles. The zero-order chi connectivity index (χ0) is 32.6. The second kappa shape index (κ2) is 18.2. The SMILES string of the molecule is CC.CCc1c(CCN=C(N)OC)cccc1-c1cnccc1C.N=C(N)OCC1CCc2cccc(-c3ccccc3)c2C1. The molecule has 0 radical (unpaired) electrons. The van der Waals surface area contributed by atoms with E-state index < -0.39 is 0 Å². The number of nitrogens with zero attached hydrogens (tertiary/aromatic N) is 2. The molecule has 5 N–H and O–H groups in total. The van der Waals surface area contributed by atoms with E-state index in [0.717, 1.165) is 32.1 Å². The lowest BCUT2D eigenvalue weighted by molar-refractivity contribution is 0.218. The first-order valence-electron chi connectivity index (χ1n) is 15.9. The highest BCUT2D eigenvalue weighted by molar-refractivity contribution is 5.72. The number of methoxy groups -OCH3 is 1. The highest BCUT2D eigenvalue weighted by Crippen LogP contribution is 2.34. The number of amidine groups is 2. The minimum absolute atomic E-state index is 0.183. The molecule has 1 aliphatic rings. The Balaban J connectivity index is 0.000000233. The van der Waals surface area contributed by atoms with Gasteiger partial charge in [0.05, 0.1) is 13.7 Å². The number of hydrogen-bond acceptors (Lipinski definition) is 5. The summed E-state index contributed by atoms with van der Waals surface area (Å²) >= 11 is 0. The van der Waals surface area contributed by atoms with Crippen molar-refractivity contribution < 1.29 is 9.47 Å². The van der Waals surface area contributed by atoms with Crippen LogP contribution in [0.4, 0.5) is 0 Å². The van der Waals surface area contributed by atoms with E-state index in [4.69, 9.17) is 26.4 Å². The minimum atomic E-state index is -0.183. The van der Waals surface area contributed by atoms with E-state index in [1.165, 1.54) is 57.2 Å². The monoisotopic (exact) mass is 607 g/mol. The molecule has 1 aliphatic carbocycles. The molecule has 0 amide bonds. The topological polar surface area (TPSA) is 120 Å². The Morgan fingerprint density at radius 3 is 2.38 bits per heavy atom. The molecule has 0 saturated carbocycles. The lowest BCUT2D eigenvalue weighted by Gasteiger charge is -2.26. The zero-order valence-electron chi connectivity index (χ0n) is 27.5. The van der Waals surface area contributed by atoms with Crippen LogP contribution in [0.3, 0.4) is 0 Å². The number of hydrogen-bond donors (Lipinski definition) is 3. The predicted octanol–water partition coefficient (Wildman–Crippen LogP) is 7.52.